The number of anilines is 2. The summed E-state index contributed by atoms with van der Waals surface area (Å²) in [4.78, 5) is 14.0. The molecule has 1 heterocycles. The van der Waals surface area contributed by atoms with Crippen LogP contribution in [0.2, 0.25) is 5.02 Å². The molecular weight excluding hydrogens is 270 g/mol. The molecular formula is C12H9ClN3O3-. The lowest BCUT2D eigenvalue weighted by molar-refractivity contribution is -0.384. The minimum Gasteiger partial charge on any atom is -0.754 e. The lowest BCUT2D eigenvalue weighted by atomic mass is 10.2. The van der Waals surface area contributed by atoms with Gasteiger partial charge in [-0.3, -0.25) is 15.1 Å². The van der Waals surface area contributed by atoms with Gasteiger partial charge in [-0.25, -0.2) is 0 Å². The fourth-order valence-corrected chi connectivity index (χ4v) is 1.71. The van der Waals surface area contributed by atoms with Crippen LogP contribution in [-0.2, 0) is 0 Å². The Morgan fingerprint density at radius 1 is 1.37 bits per heavy atom. The summed E-state index contributed by atoms with van der Waals surface area (Å²) in [5.41, 5.74) is 0.598. The first kappa shape index (κ1) is 13.3. The number of hydrogen-bond acceptors (Lipinski definition) is 5. The molecule has 0 aliphatic carbocycles. The van der Waals surface area contributed by atoms with Crippen LogP contribution < -0.4 is 5.06 Å². The Balaban J connectivity index is 2.46. The van der Waals surface area contributed by atoms with Crippen molar-refractivity contribution in [3.8, 4) is 0 Å². The number of halogens is 1. The van der Waals surface area contributed by atoms with E-state index in [0.29, 0.717) is 10.1 Å². The summed E-state index contributed by atoms with van der Waals surface area (Å²) < 4.78 is 0. The average molecular weight is 279 g/mol. The average Bonchev–Trinajstić information content (AvgIpc) is 2.41. The van der Waals surface area contributed by atoms with E-state index >= 15 is 0 Å². The molecule has 0 spiro atoms. The predicted octanol–water partition coefficient (Wildman–Crippen LogP) is 3.59. The highest BCUT2D eigenvalue weighted by molar-refractivity contribution is 6.31. The molecule has 0 aliphatic rings. The molecule has 0 saturated carbocycles. The smallest absolute Gasteiger partial charge is 0.295 e. The number of pyridine rings is 1. The summed E-state index contributed by atoms with van der Waals surface area (Å²) in [7, 11) is 0. The largest absolute Gasteiger partial charge is 0.754 e. The van der Waals surface area contributed by atoms with Crippen LogP contribution in [0.15, 0.2) is 36.7 Å². The first-order valence-corrected chi connectivity index (χ1v) is 5.70. The van der Waals surface area contributed by atoms with E-state index in [1.165, 1.54) is 18.3 Å². The lowest BCUT2D eigenvalue weighted by Crippen LogP contribution is -2.09. The van der Waals surface area contributed by atoms with Crippen molar-refractivity contribution in [2.75, 3.05) is 5.06 Å². The SMILES string of the molecule is Cc1ccc(N([O-])c2cnccc2[N+](=O)[O-])cc1Cl. The standard InChI is InChI=1S/C12H9ClN3O3/c1-8-2-3-9(6-10(8)13)15(17)12-7-14-5-4-11(12)16(18)19/h2-7H,1H3/q-1. The maximum absolute atomic E-state index is 12.1. The Kier molecular flexibility index (Phi) is 3.64. The molecule has 0 aliphatic heterocycles. The third kappa shape index (κ3) is 2.64. The molecule has 0 fully saturated rings. The van der Waals surface area contributed by atoms with Gasteiger partial charge in [-0.1, -0.05) is 17.7 Å². The van der Waals surface area contributed by atoms with Crippen LogP contribution in [-0.4, -0.2) is 9.91 Å². The van der Waals surface area contributed by atoms with Gasteiger partial charge in [0.2, 0.25) is 0 Å². The van der Waals surface area contributed by atoms with Gasteiger partial charge in [-0.15, -0.1) is 0 Å². The Labute approximate surface area is 114 Å². The fourth-order valence-electron chi connectivity index (χ4n) is 1.54. The van der Waals surface area contributed by atoms with Crippen LogP contribution in [0.4, 0.5) is 17.1 Å². The van der Waals surface area contributed by atoms with Crippen molar-refractivity contribution in [1.29, 1.82) is 0 Å². The van der Waals surface area contributed by atoms with Crippen molar-refractivity contribution in [3.63, 3.8) is 0 Å². The molecule has 98 valence electrons. The molecule has 0 bridgehead atoms. The lowest BCUT2D eigenvalue weighted by Gasteiger charge is -2.30. The second-order valence-corrected chi connectivity index (χ2v) is 4.26. The number of aromatic nitrogens is 1. The van der Waals surface area contributed by atoms with Gasteiger partial charge >= 0.3 is 0 Å². The number of benzene rings is 1. The van der Waals surface area contributed by atoms with Gasteiger partial charge in [-0.2, -0.15) is 0 Å². The quantitative estimate of drug-likeness (QED) is 0.633. The summed E-state index contributed by atoms with van der Waals surface area (Å²) in [5.74, 6) is 0. The third-order valence-corrected chi connectivity index (χ3v) is 2.99. The molecule has 0 unspecified atom stereocenters. The molecule has 1 aromatic carbocycles. The van der Waals surface area contributed by atoms with Crippen LogP contribution in [0.1, 0.15) is 5.56 Å². The van der Waals surface area contributed by atoms with Gasteiger partial charge in [0.1, 0.15) is 5.69 Å². The van der Waals surface area contributed by atoms with Gasteiger partial charge in [0, 0.05) is 23.0 Å². The predicted molar refractivity (Wildman–Crippen MR) is 72.6 cm³/mol. The summed E-state index contributed by atoms with van der Waals surface area (Å²) in [6.45, 7) is 1.80. The van der Waals surface area contributed by atoms with E-state index in [2.05, 4.69) is 4.98 Å². The first-order valence-electron chi connectivity index (χ1n) is 5.32. The zero-order valence-electron chi connectivity index (χ0n) is 9.91. The van der Waals surface area contributed by atoms with Crippen molar-refractivity contribution < 1.29 is 4.92 Å². The number of rotatable bonds is 3. The summed E-state index contributed by atoms with van der Waals surface area (Å²) in [6.07, 6.45) is 2.41. The number of aryl methyl sites for hydroxylation is 1. The van der Waals surface area contributed by atoms with Gasteiger partial charge in [0.25, 0.3) is 5.69 Å². The molecule has 7 heteroatoms. The van der Waals surface area contributed by atoms with Crippen LogP contribution in [0.5, 0.6) is 0 Å². The Morgan fingerprint density at radius 2 is 2.11 bits per heavy atom. The van der Waals surface area contributed by atoms with E-state index in [-0.39, 0.29) is 17.1 Å². The van der Waals surface area contributed by atoms with Gasteiger partial charge < -0.3 is 10.3 Å². The molecule has 0 atom stereocenters. The molecule has 0 N–H and O–H groups in total. The van der Waals surface area contributed by atoms with Gasteiger partial charge in [-0.05, 0) is 24.6 Å². The van der Waals surface area contributed by atoms with Gasteiger partial charge in [0.15, 0.2) is 0 Å². The van der Waals surface area contributed by atoms with Crippen LogP contribution >= 0.6 is 11.6 Å². The minimum absolute atomic E-state index is 0.132. The van der Waals surface area contributed by atoms with Crippen LogP contribution in [0, 0.1) is 22.2 Å². The highest BCUT2D eigenvalue weighted by Crippen LogP contribution is 2.33. The maximum atomic E-state index is 12.1. The molecule has 1 aromatic heterocycles. The Hall–Kier alpha value is -2.18. The minimum atomic E-state index is -0.627. The van der Waals surface area contributed by atoms with Crippen molar-refractivity contribution in [1.82, 2.24) is 4.98 Å². The van der Waals surface area contributed by atoms with Crippen molar-refractivity contribution in [3.05, 3.63) is 62.6 Å². The van der Waals surface area contributed by atoms with Crippen molar-refractivity contribution >= 4 is 28.7 Å². The summed E-state index contributed by atoms with van der Waals surface area (Å²) in [6, 6.07) is 5.85. The van der Waals surface area contributed by atoms with Gasteiger partial charge in [0.05, 0.1) is 11.1 Å². The number of nitrogens with zero attached hydrogens (tertiary/aromatic N) is 3. The van der Waals surface area contributed by atoms with Crippen LogP contribution in [0.25, 0.3) is 0 Å². The van der Waals surface area contributed by atoms with E-state index < -0.39 is 4.92 Å². The molecule has 0 amide bonds. The van der Waals surface area contributed by atoms with E-state index in [0.717, 1.165) is 11.8 Å². The maximum Gasteiger partial charge on any atom is 0.295 e. The highest BCUT2D eigenvalue weighted by Gasteiger charge is 2.15. The summed E-state index contributed by atoms with van der Waals surface area (Å²) >= 11 is 5.93. The molecule has 6 nitrogen and oxygen atoms in total. The second-order valence-electron chi connectivity index (χ2n) is 3.85. The fraction of sp³-hybridized carbons (Fsp3) is 0.0833. The third-order valence-electron chi connectivity index (χ3n) is 2.58. The zero-order valence-corrected chi connectivity index (χ0v) is 10.7. The second kappa shape index (κ2) is 5.21. The normalized spacial score (nSPS) is 10.3. The molecule has 2 rings (SSSR count). The highest BCUT2D eigenvalue weighted by atomic mass is 35.5. The van der Waals surface area contributed by atoms with E-state index in [1.54, 1.807) is 19.1 Å². The number of hydrogen-bond donors (Lipinski definition) is 0. The molecule has 2 aromatic rings. The molecule has 0 radical (unpaired) electrons. The van der Waals surface area contributed by atoms with E-state index in [1.807, 2.05) is 0 Å². The van der Waals surface area contributed by atoms with Crippen molar-refractivity contribution in [2.45, 2.75) is 6.92 Å². The Bertz CT molecular complexity index is 633. The molecule has 19 heavy (non-hydrogen) atoms. The topological polar surface area (TPSA) is 82.3 Å². The van der Waals surface area contributed by atoms with Crippen LogP contribution in [0.3, 0.4) is 0 Å². The molecule has 0 saturated heterocycles. The monoisotopic (exact) mass is 278 g/mol. The zero-order chi connectivity index (χ0) is 14.0. The number of nitro groups is 1. The van der Waals surface area contributed by atoms with E-state index in [4.69, 9.17) is 11.6 Å². The first-order chi connectivity index (χ1) is 9.00. The summed E-state index contributed by atoms with van der Waals surface area (Å²) in [5, 5.41) is 23.9. The van der Waals surface area contributed by atoms with Crippen molar-refractivity contribution in [2.24, 2.45) is 0 Å². The van der Waals surface area contributed by atoms with E-state index in [9.17, 15) is 15.3 Å². The Morgan fingerprint density at radius 3 is 2.74 bits per heavy atom.